The zero-order chi connectivity index (χ0) is 13.4. The number of pyridine rings is 1. The summed E-state index contributed by atoms with van der Waals surface area (Å²) in [6.07, 6.45) is 1.77. The Labute approximate surface area is 110 Å². The summed E-state index contributed by atoms with van der Waals surface area (Å²) in [7, 11) is 1.80. The summed E-state index contributed by atoms with van der Waals surface area (Å²) in [5, 5.41) is 5.03. The van der Waals surface area contributed by atoms with Gasteiger partial charge >= 0.3 is 0 Å². The zero-order valence-corrected chi connectivity index (χ0v) is 10.8. The van der Waals surface area contributed by atoms with Crippen molar-refractivity contribution >= 4 is 16.7 Å². The van der Waals surface area contributed by atoms with Crippen molar-refractivity contribution in [1.29, 1.82) is 0 Å². The summed E-state index contributed by atoms with van der Waals surface area (Å²) in [5.74, 6) is -0.0673. The summed E-state index contributed by atoms with van der Waals surface area (Å²) >= 11 is 0. The molecule has 19 heavy (non-hydrogen) atoms. The van der Waals surface area contributed by atoms with Gasteiger partial charge in [-0.3, -0.25) is 14.5 Å². The van der Waals surface area contributed by atoms with Crippen molar-refractivity contribution in [2.75, 3.05) is 0 Å². The van der Waals surface area contributed by atoms with Gasteiger partial charge in [0.15, 0.2) is 0 Å². The molecule has 94 valence electrons. The van der Waals surface area contributed by atoms with Crippen molar-refractivity contribution in [3.63, 3.8) is 0 Å². The molecule has 2 heterocycles. The first-order valence-electron chi connectivity index (χ1n) is 6.06. The molecule has 1 aromatic carbocycles. The van der Waals surface area contributed by atoms with Gasteiger partial charge in [-0.25, -0.2) is 0 Å². The van der Waals surface area contributed by atoms with Crippen LogP contribution in [0.2, 0.25) is 0 Å². The van der Waals surface area contributed by atoms with Crippen LogP contribution in [0, 0.1) is 6.92 Å². The summed E-state index contributed by atoms with van der Waals surface area (Å²) in [6, 6.07) is 11.2. The normalized spacial score (nSPS) is 10.8. The fourth-order valence-electron chi connectivity index (χ4n) is 2.17. The van der Waals surface area contributed by atoms with Crippen LogP contribution in [0.25, 0.3) is 10.9 Å². The van der Waals surface area contributed by atoms with Gasteiger partial charge in [-0.1, -0.05) is 18.2 Å². The number of aryl methyl sites for hydroxylation is 2. The van der Waals surface area contributed by atoms with E-state index in [-0.39, 0.29) is 5.78 Å². The number of aromatic nitrogens is 3. The van der Waals surface area contributed by atoms with E-state index in [9.17, 15) is 4.79 Å². The monoisotopic (exact) mass is 251 g/mol. The van der Waals surface area contributed by atoms with Crippen molar-refractivity contribution in [2.24, 2.45) is 7.05 Å². The molecule has 0 aliphatic rings. The Morgan fingerprint density at radius 2 is 2.00 bits per heavy atom. The maximum atomic E-state index is 12.5. The minimum absolute atomic E-state index is 0.0673. The van der Waals surface area contributed by atoms with Gasteiger partial charge in [0.25, 0.3) is 0 Å². The number of rotatable bonds is 2. The Balaban J connectivity index is 2.22. The molecule has 3 rings (SSSR count). The van der Waals surface area contributed by atoms with E-state index in [0.29, 0.717) is 11.3 Å². The average molecular weight is 251 g/mol. The molecule has 0 aliphatic carbocycles. The van der Waals surface area contributed by atoms with E-state index in [2.05, 4.69) is 10.1 Å². The van der Waals surface area contributed by atoms with Crippen LogP contribution in [0.15, 0.2) is 42.6 Å². The smallest absolute Gasteiger partial charge is 0.213 e. The van der Waals surface area contributed by atoms with Gasteiger partial charge in [-0.15, -0.1) is 0 Å². The standard InChI is InChI=1S/C15H13N3O/c1-10-9-12(11-5-3-4-6-13(11)16-10)15(19)14-7-8-18(2)17-14/h3-9H,1-2H3. The van der Waals surface area contributed by atoms with Gasteiger partial charge in [0.05, 0.1) is 5.52 Å². The number of nitrogens with zero attached hydrogens (tertiary/aromatic N) is 3. The lowest BCUT2D eigenvalue weighted by atomic mass is 10.0. The van der Waals surface area contributed by atoms with Crippen LogP contribution < -0.4 is 0 Å². The molecule has 0 N–H and O–H groups in total. The van der Waals surface area contributed by atoms with E-state index in [4.69, 9.17) is 0 Å². The minimum Gasteiger partial charge on any atom is -0.287 e. The second-order valence-corrected chi connectivity index (χ2v) is 4.53. The zero-order valence-electron chi connectivity index (χ0n) is 10.8. The van der Waals surface area contributed by atoms with E-state index in [0.717, 1.165) is 16.6 Å². The van der Waals surface area contributed by atoms with Gasteiger partial charge in [0.2, 0.25) is 5.78 Å². The highest BCUT2D eigenvalue weighted by molar-refractivity contribution is 6.15. The number of carbonyl (C=O) groups excluding carboxylic acids is 1. The topological polar surface area (TPSA) is 47.8 Å². The Hall–Kier alpha value is -2.49. The SMILES string of the molecule is Cc1cc(C(=O)c2ccn(C)n2)c2ccccc2n1. The predicted molar refractivity (Wildman–Crippen MR) is 73.1 cm³/mol. The van der Waals surface area contributed by atoms with Gasteiger partial charge in [0, 0.05) is 29.9 Å². The molecule has 0 aliphatic heterocycles. The average Bonchev–Trinajstić information content (AvgIpc) is 2.83. The molecule has 3 aromatic rings. The number of ketones is 1. The molecule has 0 saturated carbocycles. The third-order valence-electron chi connectivity index (χ3n) is 3.04. The molecule has 0 atom stereocenters. The minimum atomic E-state index is -0.0673. The van der Waals surface area contributed by atoms with Crippen LogP contribution in [0.5, 0.6) is 0 Å². The molecule has 0 bridgehead atoms. The molecule has 4 nitrogen and oxygen atoms in total. The maximum absolute atomic E-state index is 12.5. The number of hydrogen-bond acceptors (Lipinski definition) is 3. The molecule has 0 unspecified atom stereocenters. The van der Waals surface area contributed by atoms with Crippen LogP contribution in [-0.2, 0) is 7.05 Å². The molecule has 0 spiro atoms. The van der Waals surface area contributed by atoms with Crippen molar-refractivity contribution in [3.8, 4) is 0 Å². The van der Waals surface area contributed by atoms with Crippen LogP contribution >= 0.6 is 0 Å². The van der Waals surface area contributed by atoms with Crippen molar-refractivity contribution in [3.05, 3.63) is 59.5 Å². The lowest BCUT2D eigenvalue weighted by Crippen LogP contribution is -2.05. The molecule has 0 saturated heterocycles. The second-order valence-electron chi connectivity index (χ2n) is 4.53. The summed E-state index contributed by atoms with van der Waals surface area (Å²) in [5.41, 5.74) is 2.78. The summed E-state index contributed by atoms with van der Waals surface area (Å²) in [6.45, 7) is 1.89. The van der Waals surface area contributed by atoms with Gasteiger partial charge in [0.1, 0.15) is 5.69 Å². The van der Waals surface area contributed by atoms with E-state index in [1.54, 1.807) is 24.0 Å². The quantitative estimate of drug-likeness (QED) is 0.657. The Morgan fingerprint density at radius 3 is 2.74 bits per heavy atom. The van der Waals surface area contributed by atoms with Crippen LogP contribution in [0.1, 0.15) is 21.7 Å². The number of benzene rings is 1. The first kappa shape index (κ1) is 11.6. The Bertz CT molecular complexity index is 774. The van der Waals surface area contributed by atoms with Crippen LogP contribution in [0.4, 0.5) is 0 Å². The number of hydrogen-bond donors (Lipinski definition) is 0. The maximum Gasteiger partial charge on any atom is 0.213 e. The summed E-state index contributed by atoms with van der Waals surface area (Å²) < 4.78 is 1.63. The molecule has 0 radical (unpaired) electrons. The fraction of sp³-hybridized carbons (Fsp3) is 0.133. The Kier molecular flexibility index (Phi) is 2.63. The molecule has 4 heteroatoms. The first-order chi connectivity index (χ1) is 9.15. The number of para-hydroxylation sites is 1. The third kappa shape index (κ3) is 2.01. The van der Waals surface area contributed by atoms with E-state index in [1.807, 2.05) is 37.3 Å². The Morgan fingerprint density at radius 1 is 1.21 bits per heavy atom. The fourth-order valence-corrected chi connectivity index (χ4v) is 2.17. The molecular weight excluding hydrogens is 238 g/mol. The van der Waals surface area contributed by atoms with E-state index in [1.165, 1.54) is 0 Å². The van der Waals surface area contributed by atoms with E-state index < -0.39 is 0 Å². The number of fused-ring (bicyclic) bond motifs is 1. The van der Waals surface area contributed by atoms with Crippen LogP contribution in [0.3, 0.4) is 0 Å². The van der Waals surface area contributed by atoms with Gasteiger partial charge in [-0.05, 0) is 25.1 Å². The highest BCUT2D eigenvalue weighted by Crippen LogP contribution is 2.20. The first-order valence-corrected chi connectivity index (χ1v) is 6.06. The highest BCUT2D eigenvalue weighted by Gasteiger charge is 2.15. The largest absolute Gasteiger partial charge is 0.287 e. The lowest BCUT2D eigenvalue weighted by molar-refractivity contribution is 0.103. The molecular formula is C15H13N3O. The molecule has 2 aromatic heterocycles. The molecule has 0 amide bonds. The van der Waals surface area contributed by atoms with Gasteiger partial charge < -0.3 is 0 Å². The second kappa shape index (κ2) is 4.31. The van der Waals surface area contributed by atoms with Crippen molar-refractivity contribution in [2.45, 2.75) is 6.92 Å². The van der Waals surface area contributed by atoms with Crippen molar-refractivity contribution < 1.29 is 4.79 Å². The molecule has 0 fully saturated rings. The van der Waals surface area contributed by atoms with E-state index >= 15 is 0 Å². The highest BCUT2D eigenvalue weighted by atomic mass is 16.1. The van der Waals surface area contributed by atoms with Gasteiger partial charge in [-0.2, -0.15) is 5.10 Å². The van der Waals surface area contributed by atoms with Crippen molar-refractivity contribution in [1.82, 2.24) is 14.8 Å². The summed E-state index contributed by atoms with van der Waals surface area (Å²) in [4.78, 5) is 17.0. The van der Waals surface area contributed by atoms with Crippen LogP contribution in [-0.4, -0.2) is 20.5 Å². The number of carbonyl (C=O) groups is 1. The third-order valence-corrected chi connectivity index (χ3v) is 3.04. The lowest BCUT2D eigenvalue weighted by Gasteiger charge is -2.05. The predicted octanol–water partition coefficient (Wildman–Crippen LogP) is 2.51.